The minimum Gasteiger partial charge on any atom is -0.392 e. The van der Waals surface area contributed by atoms with Crippen LogP contribution >= 0.6 is 0 Å². The van der Waals surface area contributed by atoms with Gasteiger partial charge in [0.15, 0.2) is 0 Å². The summed E-state index contributed by atoms with van der Waals surface area (Å²) < 4.78 is 46.9. The minimum absolute atomic E-state index is 0.567. The van der Waals surface area contributed by atoms with E-state index in [1.54, 1.807) is 0 Å². The largest absolute Gasteiger partial charge is 0.543 e. The Kier molecular flexibility index (Phi) is 19.1. The van der Waals surface area contributed by atoms with Crippen molar-refractivity contribution in [1.82, 2.24) is 0 Å². The lowest BCUT2D eigenvalue weighted by atomic mass is 10.3. The first-order chi connectivity index (χ1) is 17.5. The Bertz CT molecular complexity index is 494. The van der Waals surface area contributed by atoms with E-state index in [1.807, 2.05) is 0 Å². The van der Waals surface area contributed by atoms with E-state index in [9.17, 15) is 0 Å². The molecule has 0 aromatic heterocycles. The van der Waals surface area contributed by atoms with Crippen molar-refractivity contribution in [3.63, 3.8) is 0 Å². The molecule has 0 bridgehead atoms. The monoisotopic (exact) mass is 550 g/mol. The topological polar surface area (TPSA) is 64.6 Å². The molecule has 1 aliphatic heterocycles. The summed E-state index contributed by atoms with van der Waals surface area (Å²) in [6.45, 7) is 16.6. The zero-order valence-electron chi connectivity index (χ0n) is 24.5. The van der Waals surface area contributed by atoms with Gasteiger partial charge < -0.3 is 31.6 Å². The fraction of sp³-hybridized carbons (Fsp3) is 1.00. The lowest BCUT2D eigenvalue weighted by Crippen LogP contribution is -2.78. The van der Waals surface area contributed by atoms with Gasteiger partial charge in [0, 0.05) is 38.9 Å². The summed E-state index contributed by atoms with van der Waals surface area (Å²) in [6, 6.07) is 0.698. The maximum absolute atomic E-state index is 6.99. The summed E-state index contributed by atoms with van der Waals surface area (Å²) >= 11 is 0. The van der Waals surface area contributed by atoms with Gasteiger partial charge >= 0.3 is 16.4 Å². The van der Waals surface area contributed by atoms with Gasteiger partial charge in [-0.15, -0.1) is 0 Å². The molecule has 0 radical (unpaired) electrons. The Morgan fingerprint density at radius 1 is 0.528 bits per heavy atom. The molecule has 0 spiro atoms. The Hall–Kier alpha value is 0.154. The second-order valence-electron chi connectivity index (χ2n) is 9.81. The molecule has 1 rings (SSSR count). The van der Waals surface area contributed by atoms with Crippen LogP contribution in [0.25, 0.3) is 0 Å². The average Bonchev–Trinajstić information content (AvgIpc) is 2.87. The summed E-state index contributed by atoms with van der Waals surface area (Å²) in [5.41, 5.74) is 0. The molecule has 0 amide bonds. The van der Waals surface area contributed by atoms with Gasteiger partial charge in [0.25, 0.3) is 5.97 Å². The van der Waals surface area contributed by atoms with Crippen LogP contribution in [0.2, 0.25) is 6.04 Å². The fourth-order valence-electron chi connectivity index (χ4n) is 3.94. The van der Waals surface area contributed by atoms with Gasteiger partial charge in [0.05, 0.1) is 13.2 Å². The van der Waals surface area contributed by atoms with Crippen LogP contribution in [-0.4, -0.2) is 62.0 Å². The second-order valence-corrected chi connectivity index (χ2v) is 18.4. The van der Waals surface area contributed by atoms with Crippen LogP contribution in [0.4, 0.5) is 0 Å². The van der Waals surface area contributed by atoms with Gasteiger partial charge in [-0.3, -0.25) is 0 Å². The molecule has 1 fully saturated rings. The third kappa shape index (κ3) is 11.1. The summed E-state index contributed by atoms with van der Waals surface area (Å²) in [5.74, 6) is -1.16. The van der Waals surface area contributed by atoms with Crippen LogP contribution in [0.1, 0.15) is 125 Å². The molecule has 7 nitrogen and oxygen atoms in total. The van der Waals surface area contributed by atoms with Crippen molar-refractivity contribution in [3.05, 3.63) is 0 Å². The predicted octanol–water partition coefficient (Wildman–Crippen LogP) is 7.42. The molecule has 1 saturated heterocycles. The normalized spacial score (nSPS) is 18.5. The highest BCUT2D eigenvalue weighted by atomic mass is 29.3. The fourth-order valence-corrected chi connectivity index (χ4v) is 14.6. The molecule has 36 heavy (non-hydrogen) atoms. The smallest absolute Gasteiger partial charge is 0.392 e. The zero-order chi connectivity index (χ0) is 26.6. The molecule has 0 aromatic carbocycles. The van der Waals surface area contributed by atoms with Crippen LogP contribution in [0.3, 0.4) is 0 Å². The van der Waals surface area contributed by atoms with Crippen molar-refractivity contribution >= 4 is 16.4 Å². The lowest BCUT2D eigenvalue weighted by Gasteiger charge is -2.51. The van der Waals surface area contributed by atoms with Gasteiger partial charge in [0.1, 0.15) is 0 Å². The van der Waals surface area contributed by atoms with Crippen LogP contribution in [0.15, 0.2) is 0 Å². The van der Waals surface area contributed by atoms with Crippen LogP contribution < -0.4 is 0 Å². The number of rotatable bonds is 24. The van der Waals surface area contributed by atoms with E-state index in [1.165, 1.54) is 0 Å². The number of unbranched alkanes of at least 4 members (excludes halogenated alkanes) is 6. The van der Waals surface area contributed by atoms with E-state index in [0.29, 0.717) is 52.1 Å². The molecule has 216 valence electrons. The van der Waals surface area contributed by atoms with Crippen LogP contribution in [0, 0.1) is 0 Å². The third-order valence-corrected chi connectivity index (χ3v) is 16.9. The summed E-state index contributed by atoms with van der Waals surface area (Å²) in [6.07, 6.45) is 12.6. The maximum atomic E-state index is 6.99. The lowest BCUT2D eigenvalue weighted by molar-refractivity contribution is -0.363. The quantitative estimate of drug-likeness (QED) is 0.0704. The Balaban J connectivity index is 3.45. The Morgan fingerprint density at radius 2 is 0.889 bits per heavy atom. The van der Waals surface area contributed by atoms with Crippen molar-refractivity contribution in [1.29, 1.82) is 0 Å². The highest BCUT2D eigenvalue weighted by Crippen LogP contribution is 2.43. The second kappa shape index (κ2) is 20.1. The highest BCUT2D eigenvalue weighted by Gasteiger charge is 2.74. The first-order valence-electron chi connectivity index (χ1n) is 15.1. The Labute approximate surface area is 224 Å². The van der Waals surface area contributed by atoms with Crippen molar-refractivity contribution in [2.45, 2.75) is 137 Å². The molecule has 0 N–H and O–H groups in total. The summed E-state index contributed by atoms with van der Waals surface area (Å²) in [4.78, 5) is 0. The molecule has 0 saturated carbocycles. The SMILES string of the molecule is CCCCOC1(OCCCC)CC[Si](OCCCC)(OCCCC)[Si](OCCCC)(OCCCC)O1. The molecule has 0 aliphatic carbocycles. The van der Waals surface area contributed by atoms with Crippen molar-refractivity contribution < 1.29 is 31.6 Å². The molecule has 0 aromatic rings. The number of ether oxygens (including phenoxy) is 2. The predicted molar refractivity (Wildman–Crippen MR) is 150 cm³/mol. The highest BCUT2D eigenvalue weighted by molar-refractivity contribution is 7.29. The third-order valence-electron chi connectivity index (χ3n) is 6.40. The van der Waals surface area contributed by atoms with Crippen LogP contribution in [0.5, 0.6) is 0 Å². The van der Waals surface area contributed by atoms with Crippen molar-refractivity contribution in [3.8, 4) is 0 Å². The molecular weight excluding hydrogens is 492 g/mol. The maximum Gasteiger partial charge on any atom is 0.543 e. The first kappa shape index (κ1) is 34.2. The van der Waals surface area contributed by atoms with E-state index in [4.69, 9.17) is 31.6 Å². The van der Waals surface area contributed by atoms with E-state index >= 15 is 0 Å². The molecule has 9 heteroatoms. The number of hydrogen-bond donors (Lipinski definition) is 0. The van der Waals surface area contributed by atoms with E-state index in [0.717, 1.165) is 77.0 Å². The van der Waals surface area contributed by atoms with Crippen molar-refractivity contribution in [2.24, 2.45) is 0 Å². The van der Waals surface area contributed by atoms with Gasteiger partial charge in [-0.1, -0.05) is 80.1 Å². The van der Waals surface area contributed by atoms with Crippen LogP contribution in [-0.2, 0) is 31.6 Å². The molecule has 0 atom stereocenters. The van der Waals surface area contributed by atoms with Gasteiger partial charge in [-0.25, -0.2) is 0 Å². The Morgan fingerprint density at radius 3 is 1.28 bits per heavy atom. The molecule has 1 heterocycles. The van der Waals surface area contributed by atoms with E-state index < -0.39 is 22.4 Å². The van der Waals surface area contributed by atoms with Gasteiger partial charge in [0.2, 0.25) is 0 Å². The van der Waals surface area contributed by atoms with Gasteiger partial charge in [-0.2, -0.15) is 0 Å². The standard InChI is InChI=1S/C27H58O7Si2/c1-7-13-20-28-27(29-21-14-8-2)19-26-35(30-22-15-9-3,31-23-16-10-4)36(34-27,32-24-17-11-5)33-25-18-12-6/h7-26H2,1-6H3. The molecule has 0 unspecified atom stereocenters. The molecule has 1 aliphatic rings. The summed E-state index contributed by atoms with van der Waals surface area (Å²) in [7, 11) is -6.46. The molecular formula is C27H58O7Si2. The van der Waals surface area contributed by atoms with E-state index in [-0.39, 0.29) is 0 Å². The summed E-state index contributed by atoms with van der Waals surface area (Å²) in [5, 5.41) is 0. The average molecular weight is 551 g/mol. The zero-order valence-corrected chi connectivity index (χ0v) is 26.5. The first-order valence-corrected chi connectivity index (χ1v) is 19.8. The van der Waals surface area contributed by atoms with Gasteiger partial charge in [-0.05, 0) is 38.5 Å². The van der Waals surface area contributed by atoms with Crippen molar-refractivity contribution in [2.75, 3.05) is 39.6 Å². The minimum atomic E-state index is -3.45. The number of hydrogen-bond acceptors (Lipinski definition) is 7. The van der Waals surface area contributed by atoms with E-state index in [2.05, 4.69) is 41.5 Å².